The van der Waals surface area contributed by atoms with Crippen LogP contribution in [0.5, 0.6) is 0 Å². The van der Waals surface area contributed by atoms with Crippen LogP contribution in [0, 0.1) is 5.92 Å². The van der Waals surface area contributed by atoms with Crippen LogP contribution in [-0.2, 0) is 0 Å². The van der Waals surface area contributed by atoms with Crippen LogP contribution in [0.1, 0.15) is 40.1 Å². The molecule has 4 nitrogen and oxygen atoms in total. The van der Waals surface area contributed by atoms with E-state index in [1.807, 2.05) is 0 Å². The minimum absolute atomic E-state index is 0.0382. The van der Waals surface area contributed by atoms with E-state index in [9.17, 15) is 9.59 Å². The van der Waals surface area contributed by atoms with E-state index in [1.165, 1.54) is 12.3 Å². The van der Waals surface area contributed by atoms with Crippen molar-refractivity contribution in [1.82, 2.24) is 4.98 Å². The molecule has 0 unspecified atom stereocenters. The smallest absolute Gasteiger partial charge is 0.352 e. The molecule has 74 valence electrons. The molecule has 1 fully saturated rings. The maximum Gasteiger partial charge on any atom is 0.352 e. The predicted molar refractivity (Wildman–Crippen MR) is 49.4 cm³/mol. The van der Waals surface area contributed by atoms with Crippen molar-refractivity contribution in [3.05, 3.63) is 23.5 Å². The Bertz CT molecular complexity index is 376. The van der Waals surface area contributed by atoms with Crippen molar-refractivity contribution in [3.8, 4) is 0 Å². The zero-order valence-electron chi connectivity index (χ0n) is 7.62. The highest BCUT2D eigenvalue weighted by Crippen LogP contribution is 2.33. The topological polar surface area (TPSA) is 70.2 Å². The molecule has 0 radical (unpaired) electrons. The van der Waals surface area contributed by atoms with Gasteiger partial charge in [0.2, 0.25) is 0 Å². The zero-order valence-corrected chi connectivity index (χ0v) is 7.62. The lowest BCUT2D eigenvalue weighted by Gasteiger charge is -1.93. The van der Waals surface area contributed by atoms with Gasteiger partial charge in [0.25, 0.3) is 0 Å². The Labute approximate surface area is 80.9 Å². The number of hydrogen-bond acceptors (Lipinski definition) is 2. The van der Waals surface area contributed by atoms with Gasteiger partial charge in [-0.3, -0.25) is 4.79 Å². The van der Waals surface area contributed by atoms with Crippen LogP contribution in [0.4, 0.5) is 0 Å². The maximum atomic E-state index is 11.5. The first-order valence-corrected chi connectivity index (χ1v) is 4.61. The van der Waals surface area contributed by atoms with Crippen molar-refractivity contribution in [1.29, 1.82) is 0 Å². The number of carbonyl (C=O) groups excluding carboxylic acids is 1. The standard InChI is InChI=1S/C10H11NO3/c12-9(3-6-1-2-6)7-4-8(10(13)14)11-5-7/h4-6,11H,1-3H2,(H,13,14). The molecular weight excluding hydrogens is 182 g/mol. The molecule has 0 bridgehead atoms. The van der Waals surface area contributed by atoms with Crippen LogP contribution < -0.4 is 0 Å². The fraction of sp³-hybridized carbons (Fsp3) is 0.400. The second-order valence-electron chi connectivity index (χ2n) is 3.68. The average Bonchev–Trinajstić information content (AvgIpc) is 2.81. The van der Waals surface area contributed by atoms with Gasteiger partial charge in [-0.25, -0.2) is 4.79 Å². The summed E-state index contributed by atoms with van der Waals surface area (Å²) in [6.07, 6.45) is 4.27. The van der Waals surface area contributed by atoms with Crippen molar-refractivity contribution in [3.63, 3.8) is 0 Å². The third-order valence-electron chi connectivity index (χ3n) is 2.41. The van der Waals surface area contributed by atoms with E-state index in [4.69, 9.17) is 5.11 Å². The number of aromatic carboxylic acids is 1. The summed E-state index contributed by atoms with van der Waals surface area (Å²) in [6, 6.07) is 1.40. The largest absolute Gasteiger partial charge is 0.477 e. The lowest BCUT2D eigenvalue weighted by Crippen LogP contribution is -1.98. The summed E-state index contributed by atoms with van der Waals surface area (Å²) in [7, 11) is 0. The summed E-state index contributed by atoms with van der Waals surface area (Å²) in [5.74, 6) is -0.461. The van der Waals surface area contributed by atoms with Crippen LogP contribution in [0.3, 0.4) is 0 Å². The maximum absolute atomic E-state index is 11.5. The second kappa shape index (κ2) is 3.29. The molecule has 4 heteroatoms. The van der Waals surface area contributed by atoms with E-state index < -0.39 is 5.97 Å². The molecule has 1 aromatic heterocycles. The molecule has 0 spiro atoms. The molecule has 1 aliphatic rings. The highest BCUT2D eigenvalue weighted by Gasteiger charge is 2.25. The number of H-pyrrole nitrogens is 1. The quantitative estimate of drug-likeness (QED) is 0.715. The zero-order chi connectivity index (χ0) is 10.1. The number of Topliss-reactive ketones (excluding diaryl/α,β-unsaturated/α-hetero) is 1. The molecule has 0 aromatic carbocycles. The summed E-state index contributed by atoms with van der Waals surface area (Å²) in [4.78, 5) is 24.6. The lowest BCUT2D eigenvalue weighted by molar-refractivity contribution is 0.0691. The van der Waals surface area contributed by atoms with E-state index in [-0.39, 0.29) is 11.5 Å². The summed E-state index contributed by atoms with van der Waals surface area (Å²) in [6.45, 7) is 0. The normalized spacial score (nSPS) is 15.4. The van der Waals surface area contributed by atoms with Crippen LogP contribution in [0.25, 0.3) is 0 Å². The summed E-state index contributed by atoms with van der Waals surface area (Å²) < 4.78 is 0. The highest BCUT2D eigenvalue weighted by atomic mass is 16.4. The van der Waals surface area contributed by atoms with Crippen molar-refractivity contribution < 1.29 is 14.7 Å². The lowest BCUT2D eigenvalue weighted by atomic mass is 10.1. The molecule has 0 saturated heterocycles. The number of nitrogens with one attached hydrogen (secondary N) is 1. The highest BCUT2D eigenvalue weighted by molar-refractivity contribution is 5.98. The first-order valence-electron chi connectivity index (χ1n) is 4.61. The van der Waals surface area contributed by atoms with Crippen molar-refractivity contribution in [2.75, 3.05) is 0 Å². The molecule has 2 rings (SSSR count). The van der Waals surface area contributed by atoms with Gasteiger partial charge in [-0.05, 0) is 24.8 Å². The van der Waals surface area contributed by atoms with Gasteiger partial charge in [0.05, 0.1) is 0 Å². The predicted octanol–water partition coefficient (Wildman–Crippen LogP) is 1.70. The van der Waals surface area contributed by atoms with Crippen LogP contribution >= 0.6 is 0 Å². The van der Waals surface area contributed by atoms with Gasteiger partial charge in [0.1, 0.15) is 5.69 Å². The Morgan fingerprint density at radius 2 is 2.21 bits per heavy atom. The molecule has 0 amide bonds. The van der Waals surface area contributed by atoms with Gasteiger partial charge in [-0.1, -0.05) is 0 Å². The van der Waals surface area contributed by atoms with Gasteiger partial charge >= 0.3 is 5.97 Å². The fourth-order valence-corrected chi connectivity index (χ4v) is 1.38. The molecule has 0 atom stereocenters. The molecule has 0 aliphatic heterocycles. The van der Waals surface area contributed by atoms with E-state index in [2.05, 4.69) is 4.98 Å². The van der Waals surface area contributed by atoms with Gasteiger partial charge in [0, 0.05) is 18.2 Å². The molecule has 1 heterocycles. The summed E-state index contributed by atoms with van der Waals surface area (Å²) >= 11 is 0. The van der Waals surface area contributed by atoms with E-state index in [0.29, 0.717) is 17.9 Å². The van der Waals surface area contributed by atoms with E-state index in [1.54, 1.807) is 0 Å². The molecule has 1 aromatic rings. The molecule has 2 N–H and O–H groups in total. The number of carboxylic acids is 1. The number of hydrogen-bond donors (Lipinski definition) is 2. The fourth-order valence-electron chi connectivity index (χ4n) is 1.38. The van der Waals surface area contributed by atoms with E-state index in [0.717, 1.165) is 12.8 Å². The summed E-state index contributed by atoms with van der Waals surface area (Å²) in [5.41, 5.74) is 0.554. The average molecular weight is 193 g/mol. The number of aromatic nitrogens is 1. The van der Waals surface area contributed by atoms with Crippen molar-refractivity contribution >= 4 is 11.8 Å². The number of carboxylic acid groups (broad SMARTS) is 1. The first kappa shape index (κ1) is 8.99. The third-order valence-corrected chi connectivity index (χ3v) is 2.41. The van der Waals surface area contributed by atoms with Crippen molar-refractivity contribution in [2.24, 2.45) is 5.92 Å². The van der Waals surface area contributed by atoms with Crippen LogP contribution in [-0.4, -0.2) is 21.8 Å². The van der Waals surface area contributed by atoms with Gasteiger partial charge < -0.3 is 10.1 Å². The second-order valence-corrected chi connectivity index (χ2v) is 3.68. The molecule has 1 aliphatic carbocycles. The monoisotopic (exact) mass is 193 g/mol. The SMILES string of the molecule is O=C(CC1CC1)c1c[nH]c(C(=O)O)c1. The molecular formula is C10H11NO3. The van der Waals surface area contributed by atoms with Gasteiger partial charge in [0.15, 0.2) is 5.78 Å². The van der Waals surface area contributed by atoms with E-state index >= 15 is 0 Å². The molecule has 1 saturated carbocycles. The number of rotatable bonds is 4. The Hall–Kier alpha value is -1.58. The first-order chi connectivity index (χ1) is 6.66. The Kier molecular flexibility index (Phi) is 2.11. The number of aromatic amines is 1. The van der Waals surface area contributed by atoms with Crippen molar-refractivity contribution in [2.45, 2.75) is 19.3 Å². The minimum atomic E-state index is -1.03. The number of ketones is 1. The van der Waals surface area contributed by atoms with Crippen LogP contribution in [0.2, 0.25) is 0 Å². The Morgan fingerprint density at radius 1 is 1.50 bits per heavy atom. The van der Waals surface area contributed by atoms with Gasteiger partial charge in [-0.2, -0.15) is 0 Å². The van der Waals surface area contributed by atoms with Gasteiger partial charge in [-0.15, -0.1) is 0 Å². The Balaban J connectivity index is 2.07. The molecule has 14 heavy (non-hydrogen) atoms. The number of carbonyl (C=O) groups is 2. The van der Waals surface area contributed by atoms with Crippen LogP contribution in [0.15, 0.2) is 12.3 Å². The summed E-state index contributed by atoms with van der Waals surface area (Å²) in [5, 5.41) is 8.63. The third kappa shape index (κ3) is 1.84. The Morgan fingerprint density at radius 3 is 2.71 bits per heavy atom. The minimum Gasteiger partial charge on any atom is -0.477 e.